The molecule has 3 heteroatoms. The minimum atomic E-state index is 0.113. The number of hydrogen-bond donors (Lipinski definition) is 0. The zero-order chi connectivity index (χ0) is 13.9. The maximum Gasteiger partial charge on any atom is 0.0784 e. The summed E-state index contributed by atoms with van der Waals surface area (Å²) in [6, 6.07) is 8.41. The van der Waals surface area contributed by atoms with Crippen molar-refractivity contribution < 1.29 is 0 Å². The molecule has 2 aromatic heterocycles. The van der Waals surface area contributed by atoms with Gasteiger partial charge in [0.15, 0.2) is 0 Å². The van der Waals surface area contributed by atoms with Crippen LogP contribution in [0.5, 0.6) is 0 Å². The van der Waals surface area contributed by atoms with Gasteiger partial charge in [-0.05, 0) is 30.5 Å². The van der Waals surface area contributed by atoms with Gasteiger partial charge < -0.3 is 4.57 Å². The van der Waals surface area contributed by atoms with E-state index in [1.54, 1.807) is 6.20 Å². The minimum absolute atomic E-state index is 0.113. The van der Waals surface area contributed by atoms with Gasteiger partial charge in [-0.3, -0.25) is 9.98 Å². The van der Waals surface area contributed by atoms with Gasteiger partial charge in [0.05, 0.1) is 6.54 Å². The van der Waals surface area contributed by atoms with E-state index in [9.17, 15) is 0 Å². The molecule has 2 heterocycles. The third kappa shape index (κ3) is 3.11. The van der Waals surface area contributed by atoms with Crippen molar-refractivity contribution in [3.8, 4) is 0 Å². The summed E-state index contributed by atoms with van der Waals surface area (Å²) in [6.07, 6.45) is 3.72. The van der Waals surface area contributed by atoms with Crippen molar-refractivity contribution in [1.29, 1.82) is 0 Å². The molecule has 100 valence electrons. The monoisotopic (exact) mass is 255 g/mol. The average Bonchev–Trinajstić information content (AvgIpc) is 2.74. The predicted octanol–water partition coefficient (Wildman–Crippen LogP) is 3.43. The Morgan fingerprint density at radius 3 is 2.63 bits per heavy atom. The molecule has 3 nitrogen and oxygen atoms in total. The molecule has 0 aromatic carbocycles. The van der Waals surface area contributed by atoms with E-state index in [0.717, 1.165) is 6.54 Å². The van der Waals surface area contributed by atoms with Crippen LogP contribution in [-0.2, 0) is 18.5 Å². The fraction of sp³-hybridized carbons (Fsp3) is 0.375. The highest BCUT2D eigenvalue weighted by Crippen LogP contribution is 2.26. The van der Waals surface area contributed by atoms with Crippen LogP contribution in [0.3, 0.4) is 0 Å². The molecule has 0 unspecified atom stereocenters. The van der Waals surface area contributed by atoms with E-state index in [4.69, 9.17) is 0 Å². The number of hydrogen-bond acceptors (Lipinski definition) is 2. The molecule has 0 N–H and O–H groups in total. The number of aromatic nitrogens is 2. The van der Waals surface area contributed by atoms with Gasteiger partial charge in [0.2, 0.25) is 0 Å². The molecule has 0 aliphatic heterocycles. The molecule has 0 fully saturated rings. The molecule has 0 spiro atoms. The summed E-state index contributed by atoms with van der Waals surface area (Å²) in [4.78, 5) is 8.20. The van der Waals surface area contributed by atoms with Gasteiger partial charge in [-0.1, -0.05) is 26.8 Å². The van der Waals surface area contributed by atoms with Crippen molar-refractivity contribution in [2.45, 2.75) is 39.3 Å². The Hall–Kier alpha value is -1.90. The summed E-state index contributed by atoms with van der Waals surface area (Å²) in [5.74, 6) is 0. The molecule has 0 saturated heterocycles. The van der Waals surface area contributed by atoms with Gasteiger partial charge in [0, 0.05) is 35.7 Å². The number of pyridine rings is 1. The highest BCUT2D eigenvalue weighted by atomic mass is 15.0. The third-order valence-electron chi connectivity index (χ3n) is 3.18. The molecule has 2 rings (SSSR count). The third-order valence-corrected chi connectivity index (χ3v) is 3.18. The van der Waals surface area contributed by atoms with Crippen LogP contribution in [0.25, 0.3) is 0 Å². The van der Waals surface area contributed by atoms with E-state index >= 15 is 0 Å². The summed E-state index contributed by atoms with van der Waals surface area (Å²) in [6.45, 7) is 11.8. The van der Waals surface area contributed by atoms with Crippen LogP contribution >= 0.6 is 0 Å². The van der Waals surface area contributed by atoms with Gasteiger partial charge in [0.25, 0.3) is 0 Å². The zero-order valence-corrected chi connectivity index (χ0v) is 11.9. The molecule has 0 saturated carbocycles. The van der Waals surface area contributed by atoms with Gasteiger partial charge in [0.1, 0.15) is 0 Å². The summed E-state index contributed by atoms with van der Waals surface area (Å²) in [5, 5.41) is 0. The van der Waals surface area contributed by atoms with E-state index in [-0.39, 0.29) is 5.41 Å². The summed E-state index contributed by atoms with van der Waals surface area (Å²) >= 11 is 0. The first-order valence-corrected chi connectivity index (χ1v) is 6.52. The second kappa shape index (κ2) is 5.39. The van der Waals surface area contributed by atoms with E-state index in [1.165, 1.54) is 17.0 Å². The smallest absolute Gasteiger partial charge is 0.0784 e. The molecular formula is C16H21N3. The Bertz CT molecular complexity index is 547. The maximum absolute atomic E-state index is 4.18. The average molecular weight is 255 g/mol. The summed E-state index contributed by atoms with van der Waals surface area (Å²) < 4.78 is 2.33. The molecule has 0 amide bonds. The molecule has 0 radical (unpaired) electrons. The van der Waals surface area contributed by atoms with Crippen LogP contribution in [0, 0.1) is 0 Å². The summed E-state index contributed by atoms with van der Waals surface area (Å²) in [7, 11) is 0. The predicted molar refractivity (Wildman–Crippen MR) is 79.7 cm³/mol. The Morgan fingerprint density at radius 1 is 1.26 bits per heavy atom. The molecule has 0 atom stereocenters. The Balaban J connectivity index is 2.40. The van der Waals surface area contributed by atoms with E-state index in [0.29, 0.717) is 6.54 Å². The molecule has 19 heavy (non-hydrogen) atoms. The first-order valence-electron chi connectivity index (χ1n) is 6.52. The Morgan fingerprint density at radius 2 is 2.05 bits per heavy atom. The summed E-state index contributed by atoms with van der Waals surface area (Å²) in [5.41, 5.74) is 3.83. The fourth-order valence-electron chi connectivity index (χ4n) is 2.28. The Labute approximate surface area is 115 Å². The van der Waals surface area contributed by atoms with Crippen molar-refractivity contribution in [2.24, 2.45) is 4.99 Å². The standard InChI is InChI=1S/C16H21N3/c1-16(2,3)15-8-7-14(11-17-4)19(15)12-13-6-5-9-18-10-13/h5-10H,4,11-12H2,1-3H3. The van der Waals surface area contributed by atoms with Gasteiger partial charge in [-0.15, -0.1) is 0 Å². The molecule has 0 bridgehead atoms. The normalized spacial score (nSPS) is 11.5. The number of rotatable bonds is 4. The van der Waals surface area contributed by atoms with Crippen molar-refractivity contribution in [3.63, 3.8) is 0 Å². The highest BCUT2D eigenvalue weighted by molar-refractivity contribution is 5.28. The van der Waals surface area contributed by atoms with Crippen molar-refractivity contribution in [3.05, 3.63) is 53.6 Å². The van der Waals surface area contributed by atoms with Crippen molar-refractivity contribution in [1.82, 2.24) is 9.55 Å². The lowest BCUT2D eigenvalue weighted by Gasteiger charge is -2.23. The second-order valence-electron chi connectivity index (χ2n) is 5.79. The first kappa shape index (κ1) is 13.5. The number of aliphatic imine (C=N–C) groups is 1. The maximum atomic E-state index is 4.18. The topological polar surface area (TPSA) is 30.2 Å². The fourth-order valence-corrected chi connectivity index (χ4v) is 2.28. The van der Waals surface area contributed by atoms with Crippen molar-refractivity contribution in [2.75, 3.05) is 0 Å². The minimum Gasteiger partial charge on any atom is -0.342 e. The van der Waals surface area contributed by atoms with Crippen LogP contribution in [0.2, 0.25) is 0 Å². The van der Waals surface area contributed by atoms with Gasteiger partial charge in [-0.2, -0.15) is 0 Å². The van der Waals surface area contributed by atoms with E-state index in [1.807, 2.05) is 12.3 Å². The zero-order valence-electron chi connectivity index (χ0n) is 11.9. The lowest BCUT2D eigenvalue weighted by atomic mass is 9.92. The van der Waals surface area contributed by atoms with Crippen LogP contribution < -0.4 is 0 Å². The van der Waals surface area contributed by atoms with Crippen molar-refractivity contribution >= 4 is 6.72 Å². The molecule has 0 aliphatic rings. The van der Waals surface area contributed by atoms with Gasteiger partial charge in [-0.25, -0.2) is 0 Å². The Kier molecular flexibility index (Phi) is 3.84. The quantitative estimate of drug-likeness (QED) is 0.770. The van der Waals surface area contributed by atoms with E-state index in [2.05, 4.69) is 60.2 Å². The molecular weight excluding hydrogens is 234 g/mol. The van der Waals surface area contributed by atoms with Crippen LogP contribution in [0.4, 0.5) is 0 Å². The molecule has 0 aliphatic carbocycles. The first-order chi connectivity index (χ1) is 9.02. The number of nitrogens with zero attached hydrogens (tertiary/aromatic N) is 3. The van der Waals surface area contributed by atoms with Crippen LogP contribution in [-0.4, -0.2) is 16.3 Å². The van der Waals surface area contributed by atoms with Crippen LogP contribution in [0.1, 0.15) is 37.7 Å². The second-order valence-corrected chi connectivity index (χ2v) is 5.79. The lowest BCUT2D eigenvalue weighted by molar-refractivity contribution is 0.523. The SMILES string of the molecule is C=NCc1ccc(C(C)(C)C)n1Cc1cccnc1. The lowest BCUT2D eigenvalue weighted by Crippen LogP contribution is -2.19. The van der Waals surface area contributed by atoms with Crippen LogP contribution in [0.15, 0.2) is 41.7 Å². The van der Waals surface area contributed by atoms with Gasteiger partial charge >= 0.3 is 0 Å². The molecule has 2 aromatic rings. The largest absolute Gasteiger partial charge is 0.342 e. The van der Waals surface area contributed by atoms with E-state index < -0.39 is 0 Å². The highest BCUT2D eigenvalue weighted by Gasteiger charge is 2.20.